The van der Waals surface area contributed by atoms with Crippen LogP contribution in [0.25, 0.3) is 10.9 Å². The predicted molar refractivity (Wildman–Crippen MR) is 95.3 cm³/mol. The highest BCUT2D eigenvalue weighted by Gasteiger charge is 2.23. The molecule has 1 saturated heterocycles. The quantitative estimate of drug-likeness (QED) is 0.794. The van der Waals surface area contributed by atoms with Gasteiger partial charge in [-0.25, -0.2) is 4.98 Å². The van der Waals surface area contributed by atoms with Crippen LogP contribution in [0.5, 0.6) is 0 Å². The summed E-state index contributed by atoms with van der Waals surface area (Å²) >= 11 is 0. The maximum Gasteiger partial charge on any atom is 0.251 e. The van der Waals surface area contributed by atoms with Crippen LogP contribution in [0.1, 0.15) is 23.2 Å². The Morgan fingerprint density at radius 3 is 3.12 bits per heavy atom. The van der Waals surface area contributed by atoms with Gasteiger partial charge in [0.25, 0.3) is 5.56 Å². The summed E-state index contributed by atoms with van der Waals surface area (Å²) in [4.78, 5) is 25.5. The Morgan fingerprint density at radius 2 is 2.24 bits per heavy atom. The first-order valence-corrected chi connectivity index (χ1v) is 8.43. The van der Waals surface area contributed by atoms with E-state index in [1.165, 1.54) is 11.6 Å². The summed E-state index contributed by atoms with van der Waals surface area (Å²) < 4.78 is 5.85. The van der Waals surface area contributed by atoms with E-state index < -0.39 is 0 Å². The molecule has 1 aliphatic heterocycles. The number of rotatable bonds is 3. The molecule has 3 heterocycles. The van der Waals surface area contributed by atoms with Crippen LogP contribution in [0.3, 0.4) is 0 Å². The van der Waals surface area contributed by atoms with Crippen LogP contribution in [-0.4, -0.2) is 39.5 Å². The summed E-state index contributed by atoms with van der Waals surface area (Å²) in [5.74, 6) is 0.616. The number of hydrogen-bond acceptors (Lipinski definition) is 5. The molecule has 0 amide bonds. The molecule has 0 radical (unpaired) electrons. The minimum absolute atomic E-state index is 0.134. The molecule has 1 N–H and O–H groups in total. The minimum atomic E-state index is -0.170. The lowest BCUT2D eigenvalue weighted by atomic mass is 10.1. The number of morpholine rings is 1. The van der Waals surface area contributed by atoms with Gasteiger partial charge in [0, 0.05) is 37.3 Å². The monoisotopic (exact) mass is 336 g/mol. The van der Waals surface area contributed by atoms with Gasteiger partial charge in [-0.2, -0.15) is 0 Å². The normalized spacial score (nSPS) is 18.5. The first kappa shape index (κ1) is 15.9. The smallest absolute Gasteiger partial charge is 0.251 e. The lowest BCUT2D eigenvalue weighted by Gasteiger charge is -2.32. The molecular weight excluding hydrogens is 316 g/mol. The number of pyridine rings is 1. The molecule has 1 atom stereocenters. The van der Waals surface area contributed by atoms with Gasteiger partial charge in [-0.15, -0.1) is 0 Å². The van der Waals surface area contributed by atoms with E-state index in [4.69, 9.17) is 4.74 Å². The van der Waals surface area contributed by atoms with Gasteiger partial charge in [0.15, 0.2) is 0 Å². The maximum absolute atomic E-state index is 11.7. The van der Waals surface area contributed by atoms with E-state index in [1.807, 2.05) is 12.3 Å². The van der Waals surface area contributed by atoms with Crippen molar-refractivity contribution in [1.29, 1.82) is 0 Å². The Hall–Kier alpha value is -2.57. The second kappa shape index (κ2) is 6.74. The molecule has 0 bridgehead atoms. The number of hydrogen-bond donors (Lipinski definition) is 1. The highest BCUT2D eigenvalue weighted by Crippen LogP contribution is 2.22. The molecule has 1 aliphatic rings. The van der Waals surface area contributed by atoms with Crippen LogP contribution < -0.4 is 5.56 Å². The van der Waals surface area contributed by atoms with E-state index in [9.17, 15) is 4.79 Å². The van der Waals surface area contributed by atoms with Gasteiger partial charge in [0.2, 0.25) is 0 Å². The fraction of sp³-hybridized carbons (Fsp3) is 0.316. The minimum Gasteiger partial charge on any atom is -0.369 e. The van der Waals surface area contributed by atoms with Crippen molar-refractivity contribution in [3.63, 3.8) is 0 Å². The summed E-state index contributed by atoms with van der Waals surface area (Å²) in [6.07, 6.45) is 1.64. The zero-order valence-electron chi connectivity index (χ0n) is 14.1. The largest absolute Gasteiger partial charge is 0.369 e. The molecule has 1 fully saturated rings. The zero-order valence-corrected chi connectivity index (χ0v) is 14.1. The number of aromatic amines is 1. The zero-order chi connectivity index (χ0) is 17.2. The number of aromatic nitrogens is 3. The molecule has 0 spiro atoms. The fourth-order valence-corrected chi connectivity index (χ4v) is 3.27. The van der Waals surface area contributed by atoms with E-state index >= 15 is 0 Å². The lowest BCUT2D eigenvalue weighted by Crippen LogP contribution is -2.38. The Kier molecular flexibility index (Phi) is 4.29. The van der Waals surface area contributed by atoms with E-state index in [0.29, 0.717) is 18.1 Å². The first-order chi connectivity index (χ1) is 12.2. The lowest BCUT2D eigenvalue weighted by molar-refractivity contribution is -0.0351. The molecular formula is C19H20N4O2. The predicted octanol–water partition coefficient (Wildman–Crippen LogP) is 2.20. The molecule has 6 heteroatoms. The highest BCUT2D eigenvalue weighted by molar-refractivity contribution is 5.78. The number of nitrogens with zero attached hydrogens (tertiary/aromatic N) is 3. The maximum atomic E-state index is 11.7. The number of nitrogens with one attached hydrogen (secondary N) is 1. The Balaban J connectivity index is 1.51. The molecule has 2 aromatic heterocycles. The van der Waals surface area contributed by atoms with Crippen LogP contribution in [0.2, 0.25) is 0 Å². The topological polar surface area (TPSA) is 71.1 Å². The summed E-state index contributed by atoms with van der Waals surface area (Å²) in [6, 6.07) is 11.9. The van der Waals surface area contributed by atoms with E-state index in [2.05, 4.69) is 44.1 Å². The van der Waals surface area contributed by atoms with Crippen molar-refractivity contribution in [2.45, 2.75) is 19.6 Å². The number of aryl methyl sites for hydroxylation is 1. The average Bonchev–Trinajstić information content (AvgIpc) is 2.61. The van der Waals surface area contributed by atoms with Crippen molar-refractivity contribution in [3.8, 4) is 0 Å². The van der Waals surface area contributed by atoms with Crippen LogP contribution in [0.15, 0.2) is 47.4 Å². The van der Waals surface area contributed by atoms with Gasteiger partial charge in [-0.3, -0.25) is 14.7 Å². The Bertz CT molecular complexity index is 953. The molecule has 25 heavy (non-hydrogen) atoms. The molecule has 1 unspecified atom stereocenters. The Morgan fingerprint density at radius 1 is 1.32 bits per heavy atom. The van der Waals surface area contributed by atoms with Gasteiger partial charge in [-0.1, -0.05) is 12.1 Å². The third kappa shape index (κ3) is 3.60. The summed E-state index contributed by atoms with van der Waals surface area (Å²) in [5, 5.41) is 1.15. The summed E-state index contributed by atoms with van der Waals surface area (Å²) in [5.41, 5.74) is 2.82. The first-order valence-electron chi connectivity index (χ1n) is 8.43. The number of ether oxygens (including phenoxy) is 1. The second-order valence-electron chi connectivity index (χ2n) is 6.38. The van der Waals surface area contributed by atoms with Crippen molar-refractivity contribution in [3.05, 3.63) is 70.0 Å². The molecule has 0 aliphatic carbocycles. The molecule has 3 aromatic rings. The third-order valence-electron chi connectivity index (χ3n) is 4.43. The molecule has 128 valence electrons. The van der Waals surface area contributed by atoms with Crippen LogP contribution >= 0.6 is 0 Å². The summed E-state index contributed by atoms with van der Waals surface area (Å²) in [6.45, 7) is 4.85. The van der Waals surface area contributed by atoms with Crippen molar-refractivity contribution >= 4 is 10.9 Å². The van der Waals surface area contributed by atoms with Crippen molar-refractivity contribution in [2.24, 2.45) is 0 Å². The Labute approximate surface area is 145 Å². The number of benzene rings is 1. The third-order valence-corrected chi connectivity index (χ3v) is 4.43. The van der Waals surface area contributed by atoms with E-state index in [-0.39, 0.29) is 11.7 Å². The van der Waals surface area contributed by atoms with Crippen LogP contribution in [0.4, 0.5) is 0 Å². The second-order valence-corrected chi connectivity index (χ2v) is 6.38. The summed E-state index contributed by atoms with van der Waals surface area (Å²) in [7, 11) is 0. The van der Waals surface area contributed by atoms with Crippen molar-refractivity contribution in [2.75, 3.05) is 19.7 Å². The molecule has 1 aromatic carbocycles. The van der Waals surface area contributed by atoms with Gasteiger partial charge < -0.3 is 9.72 Å². The van der Waals surface area contributed by atoms with Gasteiger partial charge in [-0.05, 0) is 30.7 Å². The number of fused-ring (bicyclic) bond motifs is 1. The molecule has 6 nitrogen and oxygen atoms in total. The molecule has 0 saturated carbocycles. The van der Waals surface area contributed by atoms with Gasteiger partial charge >= 0.3 is 0 Å². The van der Waals surface area contributed by atoms with Gasteiger partial charge in [0.1, 0.15) is 11.9 Å². The van der Waals surface area contributed by atoms with Crippen molar-refractivity contribution < 1.29 is 4.74 Å². The standard InChI is InChI=1S/C19H20N4O2/c1-13-21-17(10-19(24)22-13)18-12-23(7-8-25-18)11-14-4-5-16-15(9-14)3-2-6-20-16/h2-6,9-10,18H,7-8,11-12H2,1H3,(H,21,22,24). The van der Waals surface area contributed by atoms with Crippen LogP contribution in [0, 0.1) is 6.92 Å². The highest BCUT2D eigenvalue weighted by atomic mass is 16.5. The van der Waals surface area contributed by atoms with E-state index in [0.717, 1.165) is 30.5 Å². The number of H-pyrrole nitrogens is 1. The SMILES string of the molecule is Cc1nc(C2CN(Cc3ccc4ncccc4c3)CCO2)cc(=O)[nH]1. The van der Waals surface area contributed by atoms with Gasteiger partial charge in [0.05, 0.1) is 17.8 Å². The van der Waals surface area contributed by atoms with Crippen LogP contribution in [-0.2, 0) is 11.3 Å². The van der Waals surface area contributed by atoms with E-state index in [1.54, 1.807) is 6.92 Å². The van der Waals surface area contributed by atoms with Crippen molar-refractivity contribution in [1.82, 2.24) is 19.9 Å². The average molecular weight is 336 g/mol. The molecule has 4 rings (SSSR count). The fourth-order valence-electron chi connectivity index (χ4n) is 3.27.